The van der Waals surface area contributed by atoms with Crippen LogP contribution >= 0.6 is 23.2 Å². The van der Waals surface area contributed by atoms with Crippen molar-refractivity contribution in [2.75, 3.05) is 52.5 Å². The number of benzene rings is 2. The zero-order valence-electron chi connectivity index (χ0n) is 16.9. The van der Waals surface area contributed by atoms with Crippen molar-refractivity contribution >= 4 is 34.1 Å². The van der Waals surface area contributed by atoms with Crippen LogP contribution in [0.15, 0.2) is 48.7 Å². The minimum atomic E-state index is 0.234. The second-order valence-corrected chi connectivity index (χ2v) is 8.45. The number of ether oxygens (including phenoxy) is 1. The average molecular weight is 448 g/mol. The average Bonchev–Trinajstić information content (AvgIpc) is 3.16. The number of aromatic nitrogens is 1. The van der Waals surface area contributed by atoms with Gasteiger partial charge in [-0.05, 0) is 35.9 Å². The topological polar surface area (TPSA) is 40.9 Å². The van der Waals surface area contributed by atoms with E-state index >= 15 is 0 Å². The van der Waals surface area contributed by atoms with Gasteiger partial charge in [-0.15, -0.1) is 0 Å². The summed E-state index contributed by atoms with van der Waals surface area (Å²) in [5.74, 6) is 0.916. The third-order valence-electron chi connectivity index (χ3n) is 5.66. The number of nitrogens with zero attached hydrogens (tertiary/aromatic N) is 3. The number of β-amino-alcohol motifs (C(OH)–C–C–N with tert-alkyl or cyclic N) is 1. The molecule has 4 rings (SSSR count). The van der Waals surface area contributed by atoms with Crippen LogP contribution in [0.5, 0.6) is 5.75 Å². The SMILES string of the molecule is OCCN1CCN(CCOc2cccc3c2ccn3Cc2ccc(Cl)c(Cl)c2)CC1. The Balaban J connectivity index is 1.37. The molecule has 5 nitrogen and oxygen atoms in total. The van der Waals surface area contributed by atoms with E-state index in [0.717, 1.165) is 68.0 Å². The zero-order chi connectivity index (χ0) is 20.9. The van der Waals surface area contributed by atoms with Gasteiger partial charge >= 0.3 is 0 Å². The molecule has 0 radical (unpaired) electrons. The maximum absolute atomic E-state index is 9.06. The lowest BCUT2D eigenvalue weighted by Crippen LogP contribution is -2.48. The summed E-state index contributed by atoms with van der Waals surface area (Å²) in [6.45, 7) is 7.36. The molecule has 2 heterocycles. The lowest BCUT2D eigenvalue weighted by molar-refractivity contribution is 0.102. The van der Waals surface area contributed by atoms with Gasteiger partial charge in [-0.1, -0.05) is 35.3 Å². The Morgan fingerprint density at radius 3 is 2.40 bits per heavy atom. The van der Waals surface area contributed by atoms with E-state index in [1.807, 2.05) is 30.3 Å². The Labute approximate surface area is 187 Å². The standard InChI is InChI=1S/C23H27Cl2N3O2/c24-20-5-4-18(16-21(20)25)17-28-7-6-19-22(28)2-1-3-23(19)30-15-13-27-10-8-26(9-11-27)12-14-29/h1-7,16,29H,8-15,17H2. The Kier molecular flexibility index (Phi) is 7.18. The maximum atomic E-state index is 9.06. The molecule has 0 atom stereocenters. The van der Waals surface area contributed by atoms with Crippen LogP contribution in [0.1, 0.15) is 5.56 Å². The zero-order valence-corrected chi connectivity index (χ0v) is 18.4. The molecule has 0 unspecified atom stereocenters. The molecule has 1 saturated heterocycles. The van der Waals surface area contributed by atoms with E-state index in [-0.39, 0.29) is 6.61 Å². The minimum Gasteiger partial charge on any atom is -0.492 e. The third-order valence-corrected chi connectivity index (χ3v) is 6.40. The monoisotopic (exact) mass is 447 g/mol. The van der Waals surface area contributed by atoms with Gasteiger partial charge < -0.3 is 14.4 Å². The van der Waals surface area contributed by atoms with Gasteiger partial charge in [-0.2, -0.15) is 0 Å². The van der Waals surface area contributed by atoms with Crippen LogP contribution in [0.2, 0.25) is 10.0 Å². The van der Waals surface area contributed by atoms with Crippen LogP contribution in [-0.2, 0) is 6.54 Å². The number of fused-ring (bicyclic) bond motifs is 1. The van der Waals surface area contributed by atoms with Crippen molar-refractivity contribution in [2.45, 2.75) is 6.54 Å². The largest absolute Gasteiger partial charge is 0.492 e. The first-order valence-corrected chi connectivity index (χ1v) is 11.1. The van der Waals surface area contributed by atoms with Crippen LogP contribution in [0.4, 0.5) is 0 Å². The summed E-state index contributed by atoms with van der Waals surface area (Å²) < 4.78 is 8.34. The molecule has 0 bridgehead atoms. The lowest BCUT2D eigenvalue weighted by Gasteiger charge is -2.34. The highest BCUT2D eigenvalue weighted by Crippen LogP contribution is 2.28. The molecule has 0 saturated carbocycles. The second kappa shape index (κ2) is 10.0. The Morgan fingerprint density at radius 2 is 1.67 bits per heavy atom. The summed E-state index contributed by atoms with van der Waals surface area (Å²) in [5, 5.41) is 11.3. The smallest absolute Gasteiger partial charge is 0.128 e. The fourth-order valence-electron chi connectivity index (χ4n) is 3.96. The van der Waals surface area contributed by atoms with E-state index < -0.39 is 0 Å². The first-order chi connectivity index (χ1) is 14.6. The predicted octanol–water partition coefficient (Wildman–Crippen LogP) is 3.99. The van der Waals surface area contributed by atoms with Crippen molar-refractivity contribution in [3.63, 3.8) is 0 Å². The van der Waals surface area contributed by atoms with E-state index in [4.69, 9.17) is 33.0 Å². The highest BCUT2D eigenvalue weighted by molar-refractivity contribution is 6.42. The van der Waals surface area contributed by atoms with E-state index in [0.29, 0.717) is 16.7 Å². The van der Waals surface area contributed by atoms with Gasteiger partial charge in [-0.25, -0.2) is 0 Å². The molecule has 1 aliphatic rings. The predicted molar refractivity (Wildman–Crippen MR) is 123 cm³/mol. The van der Waals surface area contributed by atoms with Gasteiger partial charge in [-0.3, -0.25) is 9.80 Å². The van der Waals surface area contributed by atoms with Gasteiger partial charge in [0, 0.05) is 57.4 Å². The number of rotatable bonds is 8. The molecule has 1 fully saturated rings. The fraction of sp³-hybridized carbons (Fsp3) is 0.391. The fourth-order valence-corrected chi connectivity index (χ4v) is 4.28. The van der Waals surface area contributed by atoms with Crippen LogP contribution in [-0.4, -0.2) is 72.0 Å². The summed E-state index contributed by atoms with van der Waals surface area (Å²) in [6.07, 6.45) is 2.08. The number of aliphatic hydroxyl groups is 1. The summed E-state index contributed by atoms with van der Waals surface area (Å²) in [5.41, 5.74) is 2.24. The molecular weight excluding hydrogens is 421 g/mol. The van der Waals surface area contributed by atoms with E-state index in [1.165, 1.54) is 0 Å². The first-order valence-electron chi connectivity index (χ1n) is 10.3. The van der Waals surface area contributed by atoms with Gasteiger partial charge in [0.25, 0.3) is 0 Å². The highest BCUT2D eigenvalue weighted by Gasteiger charge is 2.16. The maximum Gasteiger partial charge on any atom is 0.128 e. The van der Waals surface area contributed by atoms with Gasteiger partial charge in [0.15, 0.2) is 0 Å². The quantitative estimate of drug-likeness (QED) is 0.566. The number of aliphatic hydroxyl groups excluding tert-OH is 1. The Bertz CT molecular complexity index is 984. The molecule has 7 heteroatoms. The Morgan fingerprint density at radius 1 is 0.900 bits per heavy atom. The van der Waals surface area contributed by atoms with Crippen molar-refractivity contribution in [1.82, 2.24) is 14.4 Å². The normalized spacial score (nSPS) is 15.7. The molecular formula is C23H27Cl2N3O2. The number of hydrogen-bond acceptors (Lipinski definition) is 4. The second-order valence-electron chi connectivity index (χ2n) is 7.64. The van der Waals surface area contributed by atoms with Gasteiger partial charge in [0.2, 0.25) is 0 Å². The van der Waals surface area contributed by atoms with E-state index in [9.17, 15) is 0 Å². The van der Waals surface area contributed by atoms with Crippen LogP contribution in [0.3, 0.4) is 0 Å². The molecule has 1 N–H and O–H groups in total. The first kappa shape index (κ1) is 21.5. The summed E-state index contributed by atoms with van der Waals surface area (Å²) in [4.78, 5) is 4.72. The highest BCUT2D eigenvalue weighted by atomic mass is 35.5. The molecule has 1 aliphatic heterocycles. The van der Waals surface area contributed by atoms with Crippen LogP contribution in [0.25, 0.3) is 10.9 Å². The molecule has 30 heavy (non-hydrogen) atoms. The van der Waals surface area contributed by atoms with Gasteiger partial charge in [0.1, 0.15) is 12.4 Å². The summed E-state index contributed by atoms with van der Waals surface area (Å²) >= 11 is 12.2. The molecule has 3 aromatic rings. The van der Waals surface area contributed by atoms with E-state index in [1.54, 1.807) is 0 Å². The molecule has 1 aromatic heterocycles. The van der Waals surface area contributed by atoms with Crippen molar-refractivity contribution < 1.29 is 9.84 Å². The molecule has 160 valence electrons. The molecule has 0 aliphatic carbocycles. The Hall–Kier alpha value is -1.76. The van der Waals surface area contributed by atoms with Crippen molar-refractivity contribution in [1.29, 1.82) is 0 Å². The lowest BCUT2D eigenvalue weighted by atomic mass is 10.2. The van der Waals surface area contributed by atoms with Crippen molar-refractivity contribution in [3.8, 4) is 5.75 Å². The van der Waals surface area contributed by atoms with Crippen molar-refractivity contribution in [2.24, 2.45) is 0 Å². The van der Waals surface area contributed by atoms with Gasteiger partial charge in [0.05, 0.1) is 22.2 Å². The molecule has 0 spiro atoms. The van der Waals surface area contributed by atoms with Crippen molar-refractivity contribution in [3.05, 3.63) is 64.3 Å². The molecule has 2 aromatic carbocycles. The van der Waals surface area contributed by atoms with Crippen LogP contribution < -0.4 is 4.74 Å². The number of piperazine rings is 1. The summed E-state index contributed by atoms with van der Waals surface area (Å²) in [7, 11) is 0. The number of halogens is 2. The number of hydrogen-bond donors (Lipinski definition) is 1. The van der Waals surface area contributed by atoms with E-state index in [2.05, 4.69) is 32.7 Å². The minimum absolute atomic E-state index is 0.234. The third kappa shape index (κ3) is 5.10. The molecule has 0 amide bonds. The van der Waals surface area contributed by atoms with Crippen LogP contribution in [0, 0.1) is 0 Å². The summed E-state index contributed by atoms with van der Waals surface area (Å²) in [6, 6.07) is 14.0.